The lowest BCUT2D eigenvalue weighted by molar-refractivity contribution is -0.153. The maximum absolute atomic E-state index is 12.5. The SMILES string of the molecule is CCCCCCCCCCCCCCCC=COCC(COP(=O)(O)OCCN)OC(=O)CCCC=CCC=CCC=CCC=CCCCCCO. The lowest BCUT2D eigenvalue weighted by atomic mass is 10.0. The number of hydrogen-bond acceptors (Lipinski definition) is 8. The van der Waals surface area contributed by atoms with E-state index in [1.807, 2.05) is 6.08 Å². The van der Waals surface area contributed by atoms with Gasteiger partial charge >= 0.3 is 13.8 Å². The Morgan fingerprint density at radius 1 is 0.635 bits per heavy atom. The minimum Gasteiger partial charge on any atom is -0.498 e. The van der Waals surface area contributed by atoms with Crippen LogP contribution in [0, 0.1) is 0 Å². The normalized spacial score (nSPS) is 14.1. The first kappa shape index (κ1) is 50.0. The van der Waals surface area contributed by atoms with Crippen LogP contribution in [0.3, 0.4) is 0 Å². The summed E-state index contributed by atoms with van der Waals surface area (Å²) < 4.78 is 33.0. The minimum atomic E-state index is -4.31. The van der Waals surface area contributed by atoms with E-state index < -0.39 is 19.9 Å². The van der Waals surface area contributed by atoms with Gasteiger partial charge in [0.1, 0.15) is 6.61 Å². The van der Waals surface area contributed by atoms with E-state index >= 15 is 0 Å². The zero-order valence-corrected chi connectivity index (χ0v) is 33.6. The summed E-state index contributed by atoms with van der Waals surface area (Å²) >= 11 is 0. The highest BCUT2D eigenvalue weighted by Crippen LogP contribution is 2.43. The lowest BCUT2D eigenvalue weighted by Gasteiger charge is -2.19. The van der Waals surface area contributed by atoms with Gasteiger partial charge in [-0.2, -0.15) is 0 Å². The van der Waals surface area contributed by atoms with Gasteiger partial charge in [-0.05, 0) is 70.3 Å². The molecule has 0 spiro atoms. The van der Waals surface area contributed by atoms with E-state index in [0.717, 1.165) is 64.2 Å². The number of phosphoric ester groups is 1. The van der Waals surface area contributed by atoms with Crippen LogP contribution >= 0.6 is 7.82 Å². The Kier molecular flexibility index (Phi) is 38.6. The second kappa shape index (κ2) is 40.2. The molecule has 0 aromatic carbocycles. The summed E-state index contributed by atoms with van der Waals surface area (Å²) in [5.41, 5.74) is 5.35. The number of aliphatic hydroxyl groups excluding tert-OH is 1. The summed E-state index contributed by atoms with van der Waals surface area (Å²) in [4.78, 5) is 22.4. The molecule has 10 heteroatoms. The molecule has 0 aromatic heterocycles. The van der Waals surface area contributed by atoms with Gasteiger partial charge in [-0.25, -0.2) is 4.57 Å². The third-order valence-corrected chi connectivity index (χ3v) is 9.29. The van der Waals surface area contributed by atoms with Crippen molar-refractivity contribution in [3.05, 3.63) is 60.9 Å². The second-order valence-electron chi connectivity index (χ2n) is 13.3. The summed E-state index contributed by atoms with van der Waals surface area (Å²) in [6, 6.07) is 0. The quantitative estimate of drug-likeness (QED) is 0.0184. The Labute approximate surface area is 317 Å². The zero-order valence-electron chi connectivity index (χ0n) is 32.7. The van der Waals surface area contributed by atoms with Crippen molar-refractivity contribution in [3.8, 4) is 0 Å². The molecular weight excluding hydrogens is 677 g/mol. The van der Waals surface area contributed by atoms with Crippen molar-refractivity contribution in [2.75, 3.05) is 33.0 Å². The van der Waals surface area contributed by atoms with Crippen molar-refractivity contribution in [1.29, 1.82) is 0 Å². The molecule has 9 nitrogen and oxygen atoms in total. The van der Waals surface area contributed by atoms with Crippen molar-refractivity contribution in [2.24, 2.45) is 5.73 Å². The van der Waals surface area contributed by atoms with E-state index in [-0.39, 0.29) is 39.4 Å². The zero-order chi connectivity index (χ0) is 38.1. The van der Waals surface area contributed by atoms with Crippen LogP contribution in [0.4, 0.5) is 0 Å². The molecule has 0 saturated carbocycles. The maximum Gasteiger partial charge on any atom is 0.472 e. The highest BCUT2D eigenvalue weighted by molar-refractivity contribution is 7.47. The number of allylic oxidation sites excluding steroid dienone is 9. The number of hydrogen-bond donors (Lipinski definition) is 3. The smallest absolute Gasteiger partial charge is 0.472 e. The molecule has 0 bridgehead atoms. The number of phosphoric acid groups is 1. The number of esters is 1. The van der Waals surface area contributed by atoms with Gasteiger partial charge in [-0.1, -0.05) is 139 Å². The maximum atomic E-state index is 12.5. The number of carbonyl (C=O) groups is 1. The summed E-state index contributed by atoms with van der Waals surface area (Å²) in [7, 11) is -4.31. The number of rotatable bonds is 39. The molecule has 302 valence electrons. The molecule has 0 saturated heterocycles. The summed E-state index contributed by atoms with van der Waals surface area (Å²) in [6.45, 7) is 2.17. The molecule has 0 heterocycles. The van der Waals surface area contributed by atoms with Crippen LogP contribution < -0.4 is 5.73 Å². The number of carbonyl (C=O) groups excluding carboxylic acids is 1. The minimum absolute atomic E-state index is 0.00197. The van der Waals surface area contributed by atoms with Crippen LogP contribution in [0.5, 0.6) is 0 Å². The Balaban J connectivity index is 4.22. The van der Waals surface area contributed by atoms with Gasteiger partial charge in [0.15, 0.2) is 6.10 Å². The first-order valence-corrected chi connectivity index (χ1v) is 21.9. The lowest BCUT2D eigenvalue weighted by Crippen LogP contribution is -2.27. The topological polar surface area (TPSA) is 138 Å². The van der Waals surface area contributed by atoms with Crippen LogP contribution in [0.25, 0.3) is 0 Å². The molecular formula is C42H76NO8P. The van der Waals surface area contributed by atoms with Crippen molar-refractivity contribution in [1.82, 2.24) is 0 Å². The van der Waals surface area contributed by atoms with Crippen LogP contribution in [0.1, 0.15) is 161 Å². The standard InChI is InChI=1S/C42H76NO8P/c1-2-3-4-5-6-7-8-9-15-18-21-24-27-30-33-37-48-39-41(40-50-52(46,47)49-38-35-43)51-42(45)34-31-28-25-22-19-16-13-11-10-12-14-17-20-23-26-29-32-36-44/h10,12-13,16-17,20,22,25,33,37,41,44H,2-9,11,14-15,18-19,21,23-24,26-32,34-36,38-40,43H2,1H3,(H,46,47). The average molecular weight is 754 g/mol. The van der Waals surface area contributed by atoms with Crippen molar-refractivity contribution in [3.63, 3.8) is 0 Å². The fraction of sp³-hybridized carbons (Fsp3) is 0.738. The fourth-order valence-corrected chi connectivity index (χ4v) is 6.05. The number of ether oxygens (including phenoxy) is 2. The molecule has 0 aliphatic heterocycles. The largest absolute Gasteiger partial charge is 0.498 e. The second-order valence-corrected chi connectivity index (χ2v) is 14.7. The van der Waals surface area contributed by atoms with Crippen LogP contribution in [-0.4, -0.2) is 55.0 Å². The van der Waals surface area contributed by atoms with E-state index in [0.29, 0.717) is 6.42 Å². The fourth-order valence-electron chi connectivity index (χ4n) is 5.29. The van der Waals surface area contributed by atoms with Gasteiger partial charge < -0.3 is 25.2 Å². The van der Waals surface area contributed by atoms with E-state index in [1.54, 1.807) is 6.26 Å². The molecule has 0 aliphatic carbocycles. The summed E-state index contributed by atoms with van der Waals surface area (Å²) in [6.07, 6.45) is 46.3. The monoisotopic (exact) mass is 754 g/mol. The van der Waals surface area contributed by atoms with Crippen LogP contribution in [-0.2, 0) is 27.9 Å². The third kappa shape index (κ3) is 39.2. The van der Waals surface area contributed by atoms with Gasteiger partial charge in [0.05, 0.1) is 19.5 Å². The molecule has 2 atom stereocenters. The van der Waals surface area contributed by atoms with Crippen LogP contribution in [0.2, 0.25) is 0 Å². The Bertz CT molecular complexity index is 981. The Hall–Kier alpha value is -2.00. The molecule has 0 radical (unpaired) electrons. The van der Waals surface area contributed by atoms with E-state index in [1.165, 1.54) is 77.0 Å². The van der Waals surface area contributed by atoms with E-state index in [4.69, 9.17) is 29.4 Å². The summed E-state index contributed by atoms with van der Waals surface area (Å²) in [5, 5.41) is 8.78. The van der Waals surface area contributed by atoms with E-state index in [2.05, 4.69) is 55.5 Å². The van der Waals surface area contributed by atoms with Gasteiger partial charge in [0.25, 0.3) is 0 Å². The van der Waals surface area contributed by atoms with Gasteiger partial charge in [0.2, 0.25) is 0 Å². The van der Waals surface area contributed by atoms with Gasteiger partial charge in [-0.15, -0.1) is 0 Å². The van der Waals surface area contributed by atoms with E-state index in [9.17, 15) is 14.3 Å². The molecule has 52 heavy (non-hydrogen) atoms. The van der Waals surface area contributed by atoms with Crippen molar-refractivity contribution >= 4 is 13.8 Å². The predicted octanol–water partition coefficient (Wildman–Crippen LogP) is 11.1. The molecule has 0 aromatic rings. The number of unbranched alkanes of at least 4 members (excludes halogenated alkanes) is 17. The first-order chi connectivity index (χ1) is 25.4. The third-order valence-electron chi connectivity index (χ3n) is 8.31. The van der Waals surface area contributed by atoms with Crippen molar-refractivity contribution in [2.45, 2.75) is 167 Å². The molecule has 0 aliphatic rings. The van der Waals surface area contributed by atoms with Crippen molar-refractivity contribution < 1.29 is 37.9 Å². The highest BCUT2D eigenvalue weighted by Gasteiger charge is 2.25. The Morgan fingerprint density at radius 2 is 1.12 bits per heavy atom. The van der Waals surface area contributed by atoms with Gasteiger partial charge in [-0.3, -0.25) is 13.8 Å². The number of nitrogens with two attached hydrogens (primary N) is 1. The predicted molar refractivity (Wildman–Crippen MR) is 216 cm³/mol. The van der Waals surface area contributed by atoms with Gasteiger partial charge in [0, 0.05) is 19.6 Å². The molecule has 2 unspecified atom stereocenters. The number of aliphatic hydroxyl groups is 1. The molecule has 0 rings (SSSR count). The summed E-state index contributed by atoms with van der Waals surface area (Å²) in [5.74, 6) is -0.416. The average Bonchev–Trinajstić information content (AvgIpc) is 3.13. The molecule has 4 N–H and O–H groups in total. The first-order valence-electron chi connectivity index (χ1n) is 20.4. The molecule has 0 fully saturated rings. The highest BCUT2D eigenvalue weighted by atomic mass is 31.2. The van der Waals surface area contributed by atoms with Crippen LogP contribution in [0.15, 0.2) is 60.9 Å². The molecule has 0 amide bonds. The Morgan fingerprint density at radius 3 is 1.65 bits per heavy atom.